The zero-order valence-electron chi connectivity index (χ0n) is 10.5. The molecule has 0 radical (unpaired) electrons. The number of hydrogen-bond acceptors (Lipinski definition) is 3. The van der Waals surface area contributed by atoms with Crippen molar-refractivity contribution in [1.29, 1.82) is 0 Å². The van der Waals surface area contributed by atoms with Gasteiger partial charge in [0, 0.05) is 37.1 Å². The third-order valence-corrected chi connectivity index (χ3v) is 4.25. The van der Waals surface area contributed by atoms with E-state index in [0.717, 1.165) is 6.04 Å². The molecule has 17 heavy (non-hydrogen) atoms. The second kappa shape index (κ2) is 4.75. The van der Waals surface area contributed by atoms with E-state index in [-0.39, 0.29) is 0 Å². The molecule has 3 rings (SSSR count). The average Bonchev–Trinajstić information content (AvgIpc) is 2.95. The van der Waals surface area contributed by atoms with Crippen LogP contribution in [0.3, 0.4) is 0 Å². The summed E-state index contributed by atoms with van der Waals surface area (Å²) in [4.78, 5) is 6.84. The van der Waals surface area contributed by atoms with Gasteiger partial charge >= 0.3 is 0 Å². The number of aromatic nitrogens is 1. The minimum atomic E-state index is 0.411. The molecule has 0 aliphatic carbocycles. The van der Waals surface area contributed by atoms with E-state index in [9.17, 15) is 0 Å². The van der Waals surface area contributed by atoms with E-state index in [0.29, 0.717) is 12.1 Å². The summed E-state index contributed by atoms with van der Waals surface area (Å²) in [5.74, 6) is 0. The minimum Gasteiger partial charge on any atom is -0.306 e. The van der Waals surface area contributed by atoms with Gasteiger partial charge in [0.05, 0.1) is 0 Å². The fourth-order valence-corrected chi connectivity index (χ4v) is 3.33. The largest absolute Gasteiger partial charge is 0.306 e. The van der Waals surface area contributed by atoms with Crippen molar-refractivity contribution in [3.8, 4) is 0 Å². The van der Waals surface area contributed by atoms with Crippen molar-refractivity contribution in [2.24, 2.45) is 0 Å². The first-order chi connectivity index (χ1) is 8.34. The maximum absolute atomic E-state index is 4.20. The maximum atomic E-state index is 4.20. The highest BCUT2D eigenvalue weighted by molar-refractivity contribution is 5.13. The predicted molar refractivity (Wildman–Crippen MR) is 68.8 cm³/mol. The van der Waals surface area contributed by atoms with Gasteiger partial charge in [0.2, 0.25) is 0 Å². The van der Waals surface area contributed by atoms with E-state index >= 15 is 0 Å². The van der Waals surface area contributed by atoms with Gasteiger partial charge in [0.25, 0.3) is 0 Å². The molecule has 2 fully saturated rings. The number of nitrogens with zero attached hydrogens (tertiary/aromatic N) is 2. The van der Waals surface area contributed by atoms with E-state index in [1.54, 1.807) is 0 Å². The van der Waals surface area contributed by atoms with Crippen LogP contribution < -0.4 is 5.32 Å². The summed E-state index contributed by atoms with van der Waals surface area (Å²) >= 11 is 0. The highest BCUT2D eigenvalue weighted by atomic mass is 15.2. The summed E-state index contributed by atoms with van der Waals surface area (Å²) in [5, 5.41) is 3.78. The van der Waals surface area contributed by atoms with Crippen molar-refractivity contribution in [2.75, 3.05) is 13.1 Å². The molecule has 0 amide bonds. The molecule has 1 aromatic rings. The Hall–Kier alpha value is -0.930. The van der Waals surface area contributed by atoms with Gasteiger partial charge in [0.1, 0.15) is 0 Å². The second-order valence-electron chi connectivity index (χ2n) is 5.32. The Balaban J connectivity index is 1.64. The molecule has 2 saturated heterocycles. The lowest BCUT2D eigenvalue weighted by Gasteiger charge is -2.25. The van der Waals surface area contributed by atoms with Crippen molar-refractivity contribution < 1.29 is 0 Å². The molecular weight excluding hydrogens is 210 g/mol. The number of pyridine rings is 1. The zero-order valence-corrected chi connectivity index (χ0v) is 10.5. The molecule has 1 aromatic heterocycles. The van der Waals surface area contributed by atoms with Crippen LogP contribution in [0.4, 0.5) is 0 Å². The standard InChI is InChI=1S/C14H21N3/c1-11(12-4-2-7-15-10-12)16-13-6-9-17-8-3-5-14(13)17/h2,4,7,10-11,13-14,16H,3,5-6,8-9H2,1H3/t11-,13?,14?/m0/s1. The van der Waals surface area contributed by atoms with Gasteiger partial charge in [-0.15, -0.1) is 0 Å². The SMILES string of the molecule is C[C@H](NC1CCN2CCCC12)c1cccnc1. The Kier molecular flexibility index (Phi) is 3.12. The van der Waals surface area contributed by atoms with Gasteiger partial charge in [-0.1, -0.05) is 6.07 Å². The smallest absolute Gasteiger partial charge is 0.0315 e. The summed E-state index contributed by atoms with van der Waals surface area (Å²) in [6, 6.07) is 6.05. The van der Waals surface area contributed by atoms with Crippen LogP contribution in [0.15, 0.2) is 24.5 Å². The second-order valence-corrected chi connectivity index (χ2v) is 5.32. The fraction of sp³-hybridized carbons (Fsp3) is 0.643. The fourth-order valence-electron chi connectivity index (χ4n) is 3.33. The Morgan fingerprint density at radius 1 is 1.41 bits per heavy atom. The Morgan fingerprint density at radius 2 is 2.35 bits per heavy atom. The molecule has 3 heterocycles. The molecule has 2 aliphatic rings. The first-order valence-corrected chi connectivity index (χ1v) is 6.74. The minimum absolute atomic E-state index is 0.411. The molecule has 1 N–H and O–H groups in total. The van der Waals surface area contributed by atoms with Crippen LogP contribution in [0.2, 0.25) is 0 Å². The highest BCUT2D eigenvalue weighted by Crippen LogP contribution is 2.29. The number of nitrogens with one attached hydrogen (secondary N) is 1. The van der Waals surface area contributed by atoms with Crippen molar-refractivity contribution >= 4 is 0 Å². The lowest BCUT2D eigenvalue weighted by atomic mass is 10.0. The van der Waals surface area contributed by atoms with E-state index in [1.807, 2.05) is 18.5 Å². The van der Waals surface area contributed by atoms with Crippen LogP contribution in [0.1, 0.15) is 37.8 Å². The molecule has 3 nitrogen and oxygen atoms in total. The van der Waals surface area contributed by atoms with Crippen LogP contribution in [0, 0.1) is 0 Å². The van der Waals surface area contributed by atoms with Crippen molar-refractivity contribution in [2.45, 2.75) is 44.3 Å². The molecule has 2 aliphatic heterocycles. The van der Waals surface area contributed by atoms with Crippen molar-refractivity contribution in [3.05, 3.63) is 30.1 Å². The first-order valence-electron chi connectivity index (χ1n) is 6.74. The molecule has 92 valence electrons. The zero-order chi connectivity index (χ0) is 11.7. The van der Waals surface area contributed by atoms with Crippen LogP contribution in [-0.2, 0) is 0 Å². The van der Waals surface area contributed by atoms with E-state index in [4.69, 9.17) is 0 Å². The normalized spacial score (nSPS) is 30.4. The third kappa shape index (κ3) is 2.22. The lowest BCUT2D eigenvalue weighted by molar-refractivity contribution is 0.291. The molecule has 0 saturated carbocycles. The summed E-state index contributed by atoms with van der Waals surface area (Å²) in [6.45, 7) is 4.83. The summed E-state index contributed by atoms with van der Waals surface area (Å²) in [6.07, 6.45) is 7.86. The summed E-state index contributed by atoms with van der Waals surface area (Å²) in [5.41, 5.74) is 1.30. The van der Waals surface area contributed by atoms with E-state index in [2.05, 4.69) is 28.2 Å². The van der Waals surface area contributed by atoms with Crippen LogP contribution in [0.5, 0.6) is 0 Å². The van der Waals surface area contributed by atoms with Gasteiger partial charge in [-0.2, -0.15) is 0 Å². The van der Waals surface area contributed by atoms with Crippen molar-refractivity contribution in [1.82, 2.24) is 15.2 Å². The molecule has 0 aromatic carbocycles. The molecule has 0 bridgehead atoms. The topological polar surface area (TPSA) is 28.2 Å². The van der Waals surface area contributed by atoms with Crippen LogP contribution in [0.25, 0.3) is 0 Å². The molecular formula is C14H21N3. The molecule has 3 heteroatoms. The van der Waals surface area contributed by atoms with E-state index in [1.165, 1.54) is 37.9 Å². The summed E-state index contributed by atoms with van der Waals surface area (Å²) in [7, 11) is 0. The first kappa shape index (κ1) is 11.2. The number of rotatable bonds is 3. The molecule has 3 atom stereocenters. The lowest BCUT2D eigenvalue weighted by Crippen LogP contribution is -2.40. The predicted octanol–water partition coefficient (Wildman–Crippen LogP) is 1.97. The van der Waals surface area contributed by atoms with Crippen molar-refractivity contribution in [3.63, 3.8) is 0 Å². The maximum Gasteiger partial charge on any atom is 0.0315 e. The van der Waals surface area contributed by atoms with Crippen LogP contribution in [-0.4, -0.2) is 35.1 Å². The summed E-state index contributed by atoms with van der Waals surface area (Å²) < 4.78 is 0. The van der Waals surface area contributed by atoms with Gasteiger partial charge < -0.3 is 5.32 Å². The van der Waals surface area contributed by atoms with Gasteiger partial charge in [-0.3, -0.25) is 9.88 Å². The Bertz CT molecular complexity index is 365. The Morgan fingerprint density at radius 3 is 3.18 bits per heavy atom. The van der Waals surface area contributed by atoms with Gasteiger partial charge in [-0.25, -0.2) is 0 Å². The van der Waals surface area contributed by atoms with Crippen LogP contribution >= 0.6 is 0 Å². The highest BCUT2D eigenvalue weighted by Gasteiger charge is 2.37. The average molecular weight is 231 g/mol. The monoisotopic (exact) mass is 231 g/mol. The quantitative estimate of drug-likeness (QED) is 0.862. The van der Waals surface area contributed by atoms with Gasteiger partial charge in [-0.05, 0) is 44.4 Å². The van der Waals surface area contributed by atoms with E-state index < -0.39 is 0 Å². The third-order valence-electron chi connectivity index (χ3n) is 4.25. The Labute approximate surface area is 103 Å². The number of hydrogen-bond donors (Lipinski definition) is 1. The molecule has 0 spiro atoms. The van der Waals surface area contributed by atoms with Gasteiger partial charge in [0.15, 0.2) is 0 Å². The number of fused-ring (bicyclic) bond motifs is 1. The molecule has 2 unspecified atom stereocenters.